The smallest absolute Gasteiger partial charge is 0.207 e. The first-order valence-electron chi connectivity index (χ1n) is 8.28. The van der Waals surface area contributed by atoms with Gasteiger partial charge >= 0.3 is 0 Å². The second kappa shape index (κ2) is 6.68. The maximum absolute atomic E-state index is 4.58. The molecule has 6 nitrogen and oxygen atoms in total. The predicted molar refractivity (Wildman–Crippen MR) is 104 cm³/mol. The number of hydrogen-bond donors (Lipinski definition) is 1. The van der Waals surface area contributed by atoms with Crippen molar-refractivity contribution >= 4 is 22.4 Å². The van der Waals surface area contributed by atoms with Gasteiger partial charge in [0.25, 0.3) is 0 Å². The summed E-state index contributed by atoms with van der Waals surface area (Å²) in [5.41, 5.74) is 6.07. The quantitative estimate of drug-likeness (QED) is 0.581. The number of benzene rings is 2. The van der Waals surface area contributed by atoms with Crippen LogP contribution in [0.4, 0.5) is 10.8 Å². The van der Waals surface area contributed by atoms with Gasteiger partial charge in [0.05, 0.1) is 11.4 Å². The molecule has 1 N–H and O–H groups in total. The van der Waals surface area contributed by atoms with Gasteiger partial charge in [0.15, 0.2) is 11.5 Å². The van der Waals surface area contributed by atoms with Crippen LogP contribution < -0.4 is 5.32 Å². The molecule has 130 valence electrons. The van der Waals surface area contributed by atoms with Crippen LogP contribution >= 0.6 is 11.5 Å². The van der Waals surface area contributed by atoms with Crippen LogP contribution in [0.15, 0.2) is 48.5 Å². The monoisotopic (exact) mass is 362 g/mol. The molecule has 0 atom stereocenters. The van der Waals surface area contributed by atoms with Crippen LogP contribution in [0.5, 0.6) is 0 Å². The van der Waals surface area contributed by atoms with Gasteiger partial charge in [0.2, 0.25) is 5.13 Å². The number of aryl methyl sites for hydroxylation is 2. The number of rotatable bonds is 4. The van der Waals surface area contributed by atoms with Crippen LogP contribution in [0, 0.1) is 20.8 Å². The van der Waals surface area contributed by atoms with Gasteiger partial charge in [0.1, 0.15) is 0 Å². The van der Waals surface area contributed by atoms with E-state index in [1.807, 2.05) is 43.3 Å². The number of nitrogens with one attached hydrogen (secondary N) is 1. The third kappa shape index (κ3) is 3.09. The lowest BCUT2D eigenvalue weighted by molar-refractivity contribution is 0.785. The summed E-state index contributed by atoms with van der Waals surface area (Å²) in [5.74, 6) is 0.584. The highest BCUT2D eigenvalue weighted by Gasteiger charge is 2.16. The summed E-state index contributed by atoms with van der Waals surface area (Å²) in [5, 5.41) is 12.6. The first-order valence-corrected chi connectivity index (χ1v) is 9.05. The van der Waals surface area contributed by atoms with Crippen LogP contribution in [0.2, 0.25) is 0 Å². The molecule has 4 aromatic rings. The highest BCUT2D eigenvalue weighted by Crippen LogP contribution is 2.26. The van der Waals surface area contributed by atoms with Gasteiger partial charge in [0, 0.05) is 17.2 Å². The number of aromatic nitrogens is 5. The Balaban J connectivity index is 1.60. The molecule has 4 rings (SSSR count). The van der Waals surface area contributed by atoms with Crippen molar-refractivity contribution in [3.05, 3.63) is 65.4 Å². The average Bonchev–Trinajstić information content (AvgIpc) is 3.25. The summed E-state index contributed by atoms with van der Waals surface area (Å²) < 4.78 is 6.24. The Bertz CT molecular complexity index is 1050. The van der Waals surface area contributed by atoms with Gasteiger partial charge in [-0.3, -0.25) is 0 Å². The van der Waals surface area contributed by atoms with Crippen LogP contribution in [0.1, 0.15) is 16.8 Å². The normalized spacial score (nSPS) is 10.9. The number of hydrogen-bond acceptors (Lipinski definition) is 6. The molecule has 0 aliphatic heterocycles. The molecule has 0 spiro atoms. The Kier molecular flexibility index (Phi) is 4.22. The van der Waals surface area contributed by atoms with Crippen LogP contribution in [-0.4, -0.2) is 24.4 Å². The zero-order valence-corrected chi connectivity index (χ0v) is 15.6. The van der Waals surface area contributed by atoms with Crippen molar-refractivity contribution < 1.29 is 0 Å². The molecule has 7 heteroatoms. The molecule has 0 amide bonds. The van der Waals surface area contributed by atoms with Crippen LogP contribution in [0.25, 0.3) is 17.2 Å². The molecular formula is C19H18N6S. The largest absolute Gasteiger partial charge is 0.330 e. The van der Waals surface area contributed by atoms with Gasteiger partial charge in [-0.25, -0.2) is 4.68 Å². The summed E-state index contributed by atoms with van der Waals surface area (Å²) in [4.78, 5) is 4.58. The van der Waals surface area contributed by atoms with E-state index in [0.717, 1.165) is 22.2 Å². The molecule has 0 saturated carbocycles. The number of para-hydroxylation sites is 1. The van der Waals surface area contributed by atoms with E-state index >= 15 is 0 Å². The molecule has 0 aliphatic carbocycles. The topological polar surface area (TPSA) is 68.5 Å². The Morgan fingerprint density at radius 3 is 2.54 bits per heavy atom. The van der Waals surface area contributed by atoms with Gasteiger partial charge in [-0.2, -0.15) is 9.36 Å². The molecule has 2 aromatic carbocycles. The zero-order chi connectivity index (χ0) is 18.1. The van der Waals surface area contributed by atoms with E-state index in [-0.39, 0.29) is 0 Å². The standard InChI is InChI=1S/C19H18N6S/c1-12-9-10-15(11-13(12)2)20-19-21-18(23-26-19)17-14(3)25(24-22-17)16-7-5-4-6-8-16/h4-11H,1-3H3,(H,20,21,23). The fourth-order valence-electron chi connectivity index (χ4n) is 2.66. The molecule has 2 heterocycles. The maximum atomic E-state index is 4.58. The van der Waals surface area contributed by atoms with E-state index in [1.165, 1.54) is 22.7 Å². The minimum Gasteiger partial charge on any atom is -0.330 e. The Hall–Kier alpha value is -3.06. The van der Waals surface area contributed by atoms with Crippen molar-refractivity contribution in [3.8, 4) is 17.2 Å². The van der Waals surface area contributed by atoms with E-state index in [4.69, 9.17) is 0 Å². The second-order valence-corrected chi connectivity index (χ2v) is 6.87. The molecule has 0 aliphatic rings. The van der Waals surface area contributed by atoms with Crippen LogP contribution in [-0.2, 0) is 0 Å². The van der Waals surface area contributed by atoms with Gasteiger partial charge < -0.3 is 5.32 Å². The average molecular weight is 362 g/mol. The van der Waals surface area contributed by atoms with E-state index in [0.29, 0.717) is 11.5 Å². The Morgan fingerprint density at radius 1 is 0.962 bits per heavy atom. The summed E-state index contributed by atoms with van der Waals surface area (Å²) in [6.45, 7) is 6.16. The molecule has 0 unspecified atom stereocenters. The van der Waals surface area contributed by atoms with Gasteiger partial charge in [-0.15, -0.1) is 5.10 Å². The number of anilines is 2. The molecular weight excluding hydrogens is 344 g/mol. The minimum absolute atomic E-state index is 0.584. The summed E-state index contributed by atoms with van der Waals surface area (Å²) in [7, 11) is 0. The van der Waals surface area contributed by atoms with Crippen molar-refractivity contribution in [2.75, 3.05) is 5.32 Å². The molecule has 26 heavy (non-hydrogen) atoms. The van der Waals surface area contributed by atoms with Crippen molar-refractivity contribution in [2.45, 2.75) is 20.8 Å². The molecule has 0 radical (unpaired) electrons. The van der Waals surface area contributed by atoms with Crippen molar-refractivity contribution in [2.24, 2.45) is 0 Å². The number of nitrogens with zero attached hydrogens (tertiary/aromatic N) is 5. The molecule has 0 saturated heterocycles. The van der Waals surface area contributed by atoms with E-state index < -0.39 is 0 Å². The molecule has 0 fully saturated rings. The lowest BCUT2D eigenvalue weighted by Crippen LogP contribution is -1.98. The van der Waals surface area contributed by atoms with E-state index in [1.54, 1.807) is 4.68 Å². The highest BCUT2D eigenvalue weighted by atomic mass is 32.1. The summed E-state index contributed by atoms with van der Waals surface area (Å²) in [6.07, 6.45) is 0. The van der Waals surface area contributed by atoms with Gasteiger partial charge in [-0.05, 0) is 56.2 Å². The maximum Gasteiger partial charge on any atom is 0.207 e. The first kappa shape index (κ1) is 16.4. The fourth-order valence-corrected chi connectivity index (χ4v) is 3.25. The summed E-state index contributed by atoms with van der Waals surface area (Å²) >= 11 is 1.31. The Labute approximate surface area is 155 Å². The predicted octanol–water partition coefficient (Wildman–Crippen LogP) is 4.45. The molecule has 0 bridgehead atoms. The third-order valence-electron chi connectivity index (χ3n) is 4.29. The fraction of sp³-hybridized carbons (Fsp3) is 0.158. The molecule has 2 aromatic heterocycles. The van der Waals surface area contributed by atoms with Crippen molar-refractivity contribution in [1.29, 1.82) is 0 Å². The van der Waals surface area contributed by atoms with Crippen LogP contribution in [0.3, 0.4) is 0 Å². The van der Waals surface area contributed by atoms with Crippen molar-refractivity contribution in [3.63, 3.8) is 0 Å². The zero-order valence-electron chi connectivity index (χ0n) is 14.8. The second-order valence-electron chi connectivity index (χ2n) is 6.12. The van der Waals surface area contributed by atoms with Crippen molar-refractivity contribution in [1.82, 2.24) is 24.4 Å². The summed E-state index contributed by atoms with van der Waals surface area (Å²) in [6, 6.07) is 16.1. The SMILES string of the molecule is Cc1ccc(Nc2nc(-c3nnn(-c4ccccc4)c3C)ns2)cc1C. The lowest BCUT2D eigenvalue weighted by Gasteiger charge is -2.05. The Morgan fingerprint density at radius 2 is 1.77 bits per heavy atom. The third-order valence-corrected chi connectivity index (χ3v) is 4.92. The van der Waals surface area contributed by atoms with Gasteiger partial charge in [-0.1, -0.05) is 29.5 Å². The lowest BCUT2D eigenvalue weighted by atomic mass is 10.1. The minimum atomic E-state index is 0.584. The van der Waals surface area contributed by atoms with E-state index in [9.17, 15) is 0 Å². The highest BCUT2D eigenvalue weighted by molar-refractivity contribution is 7.09. The first-order chi connectivity index (χ1) is 12.6. The van der Waals surface area contributed by atoms with E-state index in [2.05, 4.69) is 51.0 Å².